The van der Waals surface area contributed by atoms with Gasteiger partial charge in [0.25, 0.3) is 0 Å². The monoisotopic (exact) mass is 447 g/mol. The van der Waals surface area contributed by atoms with Gasteiger partial charge in [0.2, 0.25) is 5.91 Å². The standard InChI is InChI=1S/C18H19Cl2N9O/c1-18(2)5-10(11-7-23-14-4-13(20)27-28(14)15(11)18)17(30)26-9-3-12(19)16(24-6-9)29(22)25-8-21/h3-4,6-8,10H,5,22H2,1-2H3,(H2,21,25)(H,26,30). The number of pyridine rings is 1. The highest BCUT2D eigenvalue weighted by atomic mass is 35.5. The predicted molar refractivity (Wildman–Crippen MR) is 116 cm³/mol. The van der Waals surface area contributed by atoms with E-state index < -0.39 is 5.92 Å². The number of halogens is 2. The summed E-state index contributed by atoms with van der Waals surface area (Å²) in [7, 11) is 0. The first-order valence-corrected chi connectivity index (χ1v) is 9.77. The number of hydrazone groups is 1. The molecule has 0 aromatic carbocycles. The van der Waals surface area contributed by atoms with Crippen LogP contribution >= 0.6 is 23.2 Å². The minimum absolute atomic E-state index is 0.198. The quantitative estimate of drug-likeness (QED) is 0.241. The SMILES string of the molecule is CC1(C)CC(C(=O)Nc2cnc(N(N)/N=C\N)c(Cl)c2)c2cnc3cc(Cl)nn3c21. The Kier molecular flexibility index (Phi) is 5.00. The highest BCUT2D eigenvalue weighted by Gasteiger charge is 2.43. The van der Waals surface area contributed by atoms with E-state index in [2.05, 4.69) is 39.3 Å². The van der Waals surface area contributed by atoms with Crippen LogP contribution < -0.4 is 22.0 Å². The lowest BCUT2D eigenvalue weighted by molar-refractivity contribution is -0.117. The molecule has 1 unspecified atom stereocenters. The van der Waals surface area contributed by atoms with Crippen LogP contribution in [0.2, 0.25) is 10.2 Å². The van der Waals surface area contributed by atoms with Crippen molar-refractivity contribution in [2.24, 2.45) is 16.7 Å². The number of rotatable bonds is 4. The molecular weight excluding hydrogens is 429 g/mol. The van der Waals surface area contributed by atoms with E-state index in [0.29, 0.717) is 22.9 Å². The average Bonchev–Trinajstić information content (AvgIpc) is 3.17. The van der Waals surface area contributed by atoms with Gasteiger partial charge < -0.3 is 11.1 Å². The van der Waals surface area contributed by atoms with Gasteiger partial charge in [-0.3, -0.25) is 4.79 Å². The molecule has 0 bridgehead atoms. The lowest BCUT2D eigenvalue weighted by Crippen LogP contribution is -2.27. The molecule has 0 fully saturated rings. The normalized spacial score (nSPS) is 17.4. The molecule has 12 heteroatoms. The van der Waals surface area contributed by atoms with Gasteiger partial charge in [-0.05, 0) is 12.5 Å². The lowest BCUT2D eigenvalue weighted by atomic mass is 9.88. The largest absolute Gasteiger partial charge is 0.388 e. The molecule has 0 saturated heterocycles. The minimum atomic E-state index is -0.416. The van der Waals surface area contributed by atoms with E-state index in [-0.39, 0.29) is 22.2 Å². The van der Waals surface area contributed by atoms with Gasteiger partial charge >= 0.3 is 0 Å². The third-order valence-corrected chi connectivity index (χ3v) is 5.49. The van der Waals surface area contributed by atoms with Crippen molar-refractivity contribution in [1.29, 1.82) is 0 Å². The zero-order valence-corrected chi connectivity index (χ0v) is 17.7. The number of hydrogen-bond acceptors (Lipinski definition) is 7. The Balaban J connectivity index is 1.63. The summed E-state index contributed by atoms with van der Waals surface area (Å²) in [5.74, 6) is 5.27. The first-order valence-electron chi connectivity index (χ1n) is 9.01. The second kappa shape index (κ2) is 7.38. The van der Waals surface area contributed by atoms with Crippen LogP contribution in [0.25, 0.3) is 5.65 Å². The average molecular weight is 448 g/mol. The van der Waals surface area contributed by atoms with Crippen molar-refractivity contribution in [3.05, 3.63) is 46.0 Å². The van der Waals surface area contributed by atoms with E-state index in [4.69, 9.17) is 34.8 Å². The van der Waals surface area contributed by atoms with E-state index in [0.717, 1.165) is 22.7 Å². The molecule has 0 aliphatic heterocycles. The Morgan fingerprint density at radius 1 is 1.37 bits per heavy atom. The number of hydrazine groups is 1. The third-order valence-electron chi connectivity index (χ3n) is 5.03. The molecule has 156 valence electrons. The van der Waals surface area contributed by atoms with Gasteiger partial charge in [0, 0.05) is 23.2 Å². The van der Waals surface area contributed by atoms with Crippen LogP contribution in [-0.4, -0.2) is 31.8 Å². The second-order valence-corrected chi connectivity index (χ2v) is 8.36. The highest BCUT2D eigenvalue weighted by Crippen LogP contribution is 2.46. The number of nitrogens with zero attached hydrogens (tertiary/aromatic N) is 6. The van der Waals surface area contributed by atoms with Gasteiger partial charge in [-0.1, -0.05) is 37.0 Å². The summed E-state index contributed by atoms with van der Waals surface area (Å²) in [5, 5.41) is 12.4. The Morgan fingerprint density at radius 2 is 2.13 bits per heavy atom. The molecule has 1 amide bonds. The zero-order valence-electron chi connectivity index (χ0n) is 16.2. The topological polar surface area (TPSA) is 140 Å². The summed E-state index contributed by atoms with van der Waals surface area (Å²) in [6.07, 6.45) is 4.77. The predicted octanol–water partition coefficient (Wildman–Crippen LogP) is 2.42. The number of carbonyl (C=O) groups is 1. The van der Waals surface area contributed by atoms with Crippen LogP contribution in [0, 0.1) is 0 Å². The van der Waals surface area contributed by atoms with Gasteiger partial charge in [-0.25, -0.2) is 20.3 Å². The summed E-state index contributed by atoms with van der Waals surface area (Å²) in [6, 6.07) is 3.24. The molecule has 3 heterocycles. The number of hydrogen-bond donors (Lipinski definition) is 3. The van der Waals surface area contributed by atoms with E-state index in [1.165, 1.54) is 6.20 Å². The van der Waals surface area contributed by atoms with Gasteiger partial charge in [-0.2, -0.15) is 10.2 Å². The number of carbonyl (C=O) groups excluding carboxylic acids is 1. The molecule has 1 aliphatic rings. The fourth-order valence-corrected chi connectivity index (χ4v) is 4.25. The molecule has 0 spiro atoms. The fraction of sp³-hybridized carbons (Fsp3) is 0.278. The maximum absolute atomic E-state index is 13.1. The molecule has 1 aliphatic carbocycles. The third kappa shape index (κ3) is 3.42. The molecule has 4 rings (SSSR count). The highest BCUT2D eigenvalue weighted by molar-refractivity contribution is 6.33. The molecule has 0 radical (unpaired) electrons. The van der Waals surface area contributed by atoms with Crippen LogP contribution in [-0.2, 0) is 10.2 Å². The van der Waals surface area contributed by atoms with E-state index in [1.807, 2.05) is 0 Å². The van der Waals surface area contributed by atoms with Crippen LogP contribution in [0.15, 0.2) is 29.6 Å². The van der Waals surface area contributed by atoms with Crippen molar-refractivity contribution in [3.8, 4) is 0 Å². The van der Waals surface area contributed by atoms with Gasteiger partial charge in [0.05, 0.1) is 28.5 Å². The number of nitrogens with two attached hydrogens (primary N) is 2. The molecule has 10 nitrogen and oxygen atoms in total. The number of anilines is 2. The Bertz CT molecular complexity index is 1170. The summed E-state index contributed by atoms with van der Waals surface area (Å²) >= 11 is 12.3. The van der Waals surface area contributed by atoms with Crippen molar-refractivity contribution in [2.45, 2.75) is 31.6 Å². The summed E-state index contributed by atoms with van der Waals surface area (Å²) in [4.78, 5) is 21.6. The Hall–Kier alpha value is -2.95. The van der Waals surface area contributed by atoms with Crippen molar-refractivity contribution in [2.75, 3.05) is 10.4 Å². The summed E-state index contributed by atoms with van der Waals surface area (Å²) in [5.41, 5.74) is 7.73. The van der Waals surface area contributed by atoms with E-state index in [9.17, 15) is 4.79 Å². The molecule has 30 heavy (non-hydrogen) atoms. The van der Waals surface area contributed by atoms with Crippen LogP contribution in [0.3, 0.4) is 0 Å². The molecule has 3 aromatic heterocycles. The van der Waals surface area contributed by atoms with Crippen LogP contribution in [0.5, 0.6) is 0 Å². The molecule has 3 aromatic rings. The number of amides is 1. The summed E-state index contributed by atoms with van der Waals surface area (Å²) in [6.45, 7) is 4.13. The Labute approximate surface area is 181 Å². The first-order chi connectivity index (χ1) is 14.2. The smallest absolute Gasteiger partial charge is 0.232 e. The van der Waals surface area contributed by atoms with Crippen molar-refractivity contribution < 1.29 is 4.79 Å². The van der Waals surface area contributed by atoms with E-state index >= 15 is 0 Å². The lowest BCUT2D eigenvalue weighted by Gasteiger charge is -2.19. The number of nitrogens with one attached hydrogen (secondary N) is 1. The van der Waals surface area contributed by atoms with Gasteiger partial charge in [0.15, 0.2) is 16.6 Å². The molecule has 1 atom stereocenters. The molecular formula is C18H19Cl2N9O. The maximum Gasteiger partial charge on any atom is 0.232 e. The molecule has 0 saturated carbocycles. The zero-order chi connectivity index (χ0) is 21.6. The molecule has 5 N–H and O–H groups in total. The number of fused-ring (bicyclic) bond motifs is 3. The van der Waals surface area contributed by atoms with Gasteiger partial charge in [0.1, 0.15) is 6.34 Å². The van der Waals surface area contributed by atoms with Crippen molar-refractivity contribution in [3.63, 3.8) is 0 Å². The van der Waals surface area contributed by atoms with Crippen LogP contribution in [0.1, 0.15) is 37.4 Å². The first kappa shape index (κ1) is 20.3. The fourth-order valence-electron chi connectivity index (χ4n) is 3.83. The minimum Gasteiger partial charge on any atom is -0.388 e. The van der Waals surface area contributed by atoms with Crippen molar-refractivity contribution >= 4 is 52.6 Å². The Morgan fingerprint density at radius 3 is 2.83 bits per heavy atom. The van der Waals surface area contributed by atoms with Gasteiger partial charge in [-0.15, -0.1) is 5.10 Å². The van der Waals surface area contributed by atoms with E-state index in [1.54, 1.807) is 22.8 Å². The number of aromatic nitrogens is 4. The maximum atomic E-state index is 13.1. The van der Waals surface area contributed by atoms with Crippen LogP contribution in [0.4, 0.5) is 11.5 Å². The summed E-state index contributed by atoms with van der Waals surface area (Å²) < 4.78 is 1.71. The second-order valence-electron chi connectivity index (χ2n) is 7.57. The van der Waals surface area contributed by atoms with Crippen molar-refractivity contribution in [1.82, 2.24) is 19.6 Å².